The van der Waals surface area contributed by atoms with E-state index in [1.807, 2.05) is 0 Å². The fourth-order valence-corrected chi connectivity index (χ4v) is 2.06. The van der Waals surface area contributed by atoms with Gasteiger partial charge in [-0.05, 0) is 39.4 Å². The minimum absolute atomic E-state index is 0.638. The Kier molecular flexibility index (Phi) is 3.69. The van der Waals surface area contributed by atoms with Crippen LogP contribution in [0.25, 0.3) is 0 Å². The zero-order valence-corrected chi connectivity index (χ0v) is 9.15. The van der Waals surface area contributed by atoms with Crippen molar-refractivity contribution in [1.82, 2.24) is 20.4 Å². The van der Waals surface area contributed by atoms with E-state index in [1.54, 1.807) is 0 Å². The van der Waals surface area contributed by atoms with Gasteiger partial charge >= 0.3 is 0 Å². The molecule has 0 saturated carbocycles. The maximum Gasteiger partial charge on any atom is 0.213 e. The fourth-order valence-electron chi connectivity index (χ4n) is 2.06. The Hall–Kier alpha value is -0.940. The smallest absolute Gasteiger partial charge is 0.213 e. The van der Waals surface area contributed by atoms with Gasteiger partial charge in [-0.3, -0.25) is 4.90 Å². The van der Waals surface area contributed by atoms with Gasteiger partial charge in [0.1, 0.15) is 0 Å². The Morgan fingerprint density at radius 1 is 1.53 bits per heavy atom. The first-order chi connectivity index (χ1) is 7.36. The number of hydrogen-bond acceptors (Lipinski definition) is 5. The average Bonchev–Trinajstić information content (AvgIpc) is 2.58. The highest BCUT2D eigenvalue weighted by molar-refractivity contribution is 4.81. The lowest BCUT2D eigenvalue weighted by Gasteiger charge is -2.25. The second-order valence-electron chi connectivity index (χ2n) is 4.10. The van der Waals surface area contributed by atoms with Crippen molar-refractivity contribution in [2.75, 3.05) is 20.1 Å². The molecule has 1 aliphatic heterocycles. The summed E-state index contributed by atoms with van der Waals surface area (Å²) in [6.45, 7) is 3.04. The normalized spacial score (nSPS) is 22.9. The number of aromatic nitrogens is 2. The molecule has 1 N–H and O–H groups in total. The highest BCUT2D eigenvalue weighted by Crippen LogP contribution is 2.13. The maximum atomic E-state index is 4.73. The van der Waals surface area contributed by atoms with E-state index < -0.39 is 0 Å². The van der Waals surface area contributed by atoms with Crippen LogP contribution >= 0.6 is 0 Å². The summed E-state index contributed by atoms with van der Waals surface area (Å²) in [7, 11) is 2.13. The average molecular weight is 210 g/mol. The van der Waals surface area contributed by atoms with Crippen LogP contribution in [0.3, 0.4) is 0 Å². The van der Waals surface area contributed by atoms with Gasteiger partial charge in [-0.1, -0.05) is 5.16 Å². The minimum Gasteiger partial charge on any atom is -0.343 e. The van der Waals surface area contributed by atoms with Crippen molar-refractivity contribution in [2.45, 2.75) is 31.8 Å². The Morgan fingerprint density at radius 2 is 2.47 bits per heavy atom. The van der Waals surface area contributed by atoms with Crippen LogP contribution in [0, 0.1) is 0 Å². The molecule has 0 aliphatic carbocycles. The Labute approximate surface area is 89.8 Å². The molecule has 1 atom stereocenters. The minimum atomic E-state index is 0.638. The van der Waals surface area contributed by atoms with E-state index >= 15 is 0 Å². The first kappa shape index (κ1) is 10.6. The lowest BCUT2D eigenvalue weighted by atomic mass is 10.1. The monoisotopic (exact) mass is 210 g/mol. The van der Waals surface area contributed by atoms with E-state index in [2.05, 4.69) is 27.4 Å². The first-order valence-electron chi connectivity index (χ1n) is 5.52. The molecule has 2 heterocycles. The predicted molar refractivity (Wildman–Crippen MR) is 56.3 cm³/mol. The van der Waals surface area contributed by atoms with Crippen LogP contribution in [-0.2, 0) is 6.54 Å². The molecular weight excluding hydrogens is 192 g/mol. The van der Waals surface area contributed by atoms with E-state index in [4.69, 9.17) is 4.52 Å². The second kappa shape index (κ2) is 5.23. The van der Waals surface area contributed by atoms with Crippen molar-refractivity contribution >= 4 is 0 Å². The van der Waals surface area contributed by atoms with Gasteiger partial charge in [0, 0.05) is 6.04 Å². The maximum absolute atomic E-state index is 4.73. The summed E-state index contributed by atoms with van der Waals surface area (Å²) in [6, 6.07) is 0.638. The molecular formula is C10H18N4O. The lowest BCUT2D eigenvalue weighted by molar-refractivity contribution is 0.209. The standard InChI is InChI=1S/C10H18N4O/c1-14(7-10-12-8-15-13-10)9-3-2-5-11-6-4-9/h8-9,11H,2-7H2,1H3. The molecule has 0 spiro atoms. The Balaban J connectivity index is 1.86. The summed E-state index contributed by atoms with van der Waals surface area (Å²) in [5, 5.41) is 7.25. The second-order valence-corrected chi connectivity index (χ2v) is 4.10. The third-order valence-corrected chi connectivity index (χ3v) is 2.97. The summed E-state index contributed by atoms with van der Waals surface area (Å²) in [5.41, 5.74) is 0. The molecule has 1 aromatic rings. The van der Waals surface area contributed by atoms with Crippen LogP contribution in [0.5, 0.6) is 0 Å². The highest BCUT2D eigenvalue weighted by atomic mass is 16.5. The number of nitrogens with zero attached hydrogens (tertiary/aromatic N) is 3. The summed E-state index contributed by atoms with van der Waals surface area (Å²) in [6.07, 6.45) is 5.09. The predicted octanol–water partition coefficient (Wildman–Crippen LogP) is 0.643. The van der Waals surface area contributed by atoms with Crippen molar-refractivity contribution in [3.8, 4) is 0 Å². The molecule has 5 heteroatoms. The molecule has 0 amide bonds. The molecule has 1 saturated heterocycles. The summed E-state index contributed by atoms with van der Waals surface area (Å²) >= 11 is 0. The molecule has 2 rings (SSSR count). The van der Waals surface area contributed by atoms with Gasteiger partial charge in [-0.15, -0.1) is 0 Å². The summed E-state index contributed by atoms with van der Waals surface area (Å²) in [5.74, 6) is 0.773. The Bertz CT molecular complexity index is 267. The molecule has 0 bridgehead atoms. The number of nitrogens with one attached hydrogen (secondary N) is 1. The van der Waals surface area contributed by atoms with Gasteiger partial charge in [-0.2, -0.15) is 4.98 Å². The van der Waals surface area contributed by atoms with Gasteiger partial charge in [-0.25, -0.2) is 0 Å². The van der Waals surface area contributed by atoms with Crippen molar-refractivity contribution in [3.05, 3.63) is 12.2 Å². The van der Waals surface area contributed by atoms with Crippen LogP contribution in [-0.4, -0.2) is 41.2 Å². The van der Waals surface area contributed by atoms with Gasteiger partial charge in [0.15, 0.2) is 5.82 Å². The molecule has 1 aliphatic rings. The molecule has 1 unspecified atom stereocenters. The number of rotatable bonds is 3. The zero-order chi connectivity index (χ0) is 10.5. The molecule has 84 valence electrons. The quantitative estimate of drug-likeness (QED) is 0.793. The zero-order valence-electron chi connectivity index (χ0n) is 9.15. The molecule has 0 aromatic carbocycles. The SMILES string of the molecule is CN(Cc1ncon1)C1CCCNCC1. The summed E-state index contributed by atoms with van der Waals surface area (Å²) < 4.78 is 4.73. The fraction of sp³-hybridized carbons (Fsp3) is 0.800. The van der Waals surface area contributed by atoms with Crippen LogP contribution in [0.1, 0.15) is 25.1 Å². The lowest BCUT2D eigenvalue weighted by Crippen LogP contribution is -2.32. The third kappa shape index (κ3) is 3.00. The van der Waals surface area contributed by atoms with E-state index in [0.29, 0.717) is 6.04 Å². The molecule has 1 aromatic heterocycles. The highest BCUT2D eigenvalue weighted by Gasteiger charge is 2.17. The molecule has 0 radical (unpaired) electrons. The Morgan fingerprint density at radius 3 is 3.27 bits per heavy atom. The van der Waals surface area contributed by atoms with Gasteiger partial charge in [0.2, 0.25) is 6.39 Å². The van der Waals surface area contributed by atoms with Gasteiger partial charge in [0.05, 0.1) is 6.54 Å². The van der Waals surface area contributed by atoms with E-state index in [0.717, 1.165) is 25.5 Å². The third-order valence-electron chi connectivity index (χ3n) is 2.97. The van der Waals surface area contributed by atoms with Crippen LogP contribution in [0.15, 0.2) is 10.9 Å². The van der Waals surface area contributed by atoms with E-state index in [9.17, 15) is 0 Å². The van der Waals surface area contributed by atoms with Crippen LogP contribution in [0.2, 0.25) is 0 Å². The van der Waals surface area contributed by atoms with Crippen molar-refractivity contribution in [2.24, 2.45) is 0 Å². The van der Waals surface area contributed by atoms with Crippen LogP contribution < -0.4 is 5.32 Å². The number of hydrogen-bond donors (Lipinski definition) is 1. The first-order valence-corrected chi connectivity index (χ1v) is 5.52. The topological polar surface area (TPSA) is 54.2 Å². The van der Waals surface area contributed by atoms with Crippen molar-refractivity contribution in [3.63, 3.8) is 0 Å². The summed E-state index contributed by atoms with van der Waals surface area (Å²) in [4.78, 5) is 6.36. The van der Waals surface area contributed by atoms with Crippen molar-refractivity contribution in [1.29, 1.82) is 0 Å². The van der Waals surface area contributed by atoms with Crippen molar-refractivity contribution < 1.29 is 4.52 Å². The van der Waals surface area contributed by atoms with Gasteiger partial charge < -0.3 is 9.84 Å². The van der Waals surface area contributed by atoms with Gasteiger partial charge in [0.25, 0.3) is 0 Å². The van der Waals surface area contributed by atoms with E-state index in [-0.39, 0.29) is 0 Å². The van der Waals surface area contributed by atoms with E-state index in [1.165, 1.54) is 25.7 Å². The van der Waals surface area contributed by atoms with Crippen LogP contribution in [0.4, 0.5) is 0 Å². The molecule has 5 nitrogen and oxygen atoms in total. The molecule has 15 heavy (non-hydrogen) atoms. The molecule has 1 fully saturated rings. The largest absolute Gasteiger partial charge is 0.343 e.